The van der Waals surface area contributed by atoms with Crippen molar-refractivity contribution in [2.24, 2.45) is 7.05 Å². The Morgan fingerprint density at radius 2 is 2.05 bits per heavy atom. The Morgan fingerprint density at radius 3 is 2.75 bits per heavy atom. The highest BCUT2D eigenvalue weighted by Gasteiger charge is 2.06. The SMILES string of the molecule is Cn1cc(-c2cc(=S)nc(-c3cncc(Br)c3)[nH]2)cn1. The van der Waals surface area contributed by atoms with Crippen LogP contribution in [-0.4, -0.2) is 24.7 Å². The second-order valence-electron chi connectivity index (χ2n) is 4.28. The van der Waals surface area contributed by atoms with Crippen LogP contribution in [0.2, 0.25) is 0 Å². The second-order valence-corrected chi connectivity index (χ2v) is 5.61. The number of hydrogen-bond acceptors (Lipinski definition) is 4. The minimum atomic E-state index is 0.526. The van der Waals surface area contributed by atoms with E-state index < -0.39 is 0 Å². The highest BCUT2D eigenvalue weighted by atomic mass is 79.9. The van der Waals surface area contributed by atoms with Crippen molar-refractivity contribution in [2.75, 3.05) is 0 Å². The van der Waals surface area contributed by atoms with Gasteiger partial charge < -0.3 is 4.98 Å². The van der Waals surface area contributed by atoms with Gasteiger partial charge in [0.2, 0.25) is 0 Å². The van der Waals surface area contributed by atoms with Gasteiger partial charge in [0.25, 0.3) is 0 Å². The molecule has 0 atom stereocenters. The fourth-order valence-electron chi connectivity index (χ4n) is 1.85. The van der Waals surface area contributed by atoms with Crippen LogP contribution in [0.3, 0.4) is 0 Å². The number of nitrogens with one attached hydrogen (secondary N) is 1. The number of H-pyrrole nitrogens is 1. The molecule has 0 saturated carbocycles. The van der Waals surface area contributed by atoms with Gasteiger partial charge in [0.1, 0.15) is 10.5 Å². The number of rotatable bonds is 2. The number of aromatic nitrogens is 5. The van der Waals surface area contributed by atoms with E-state index >= 15 is 0 Å². The Hall–Kier alpha value is -1.86. The lowest BCUT2D eigenvalue weighted by Crippen LogP contribution is -1.93. The summed E-state index contributed by atoms with van der Waals surface area (Å²) in [6.45, 7) is 0. The largest absolute Gasteiger partial charge is 0.339 e. The third-order valence-corrected chi connectivity index (χ3v) is 3.38. The third kappa shape index (κ3) is 2.68. The van der Waals surface area contributed by atoms with E-state index in [1.165, 1.54) is 0 Å². The molecule has 3 rings (SSSR count). The molecular formula is C13H10BrN5S. The summed E-state index contributed by atoms with van der Waals surface area (Å²) >= 11 is 8.64. The van der Waals surface area contributed by atoms with E-state index in [2.05, 4.69) is 36.0 Å². The molecule has 0 fully saturated rings. The quantitative estimate of drug-likeness (QED) is 0.722. The minimum absolute atomic E-state index is 0.526. The zero-order valence-electron chi connectivity index (χ0n) is 10.5. The zero-order chi connectivity index (χ0) is 14.1. The number of hydrogen-bond donors (Lipinski definition) is 1. The smallest absolute Gasteiger partial charge is 0.140 e. The predicted molar refractivity (Wildman–Crippen MR) is 82.6 cm³/mol. The Bertz CT molecular complexity index is 823. The average molecular weight is 348 g/mol. The molecule has 0 unspecified atom stereocenters. The summed E-state index contributed by atoms with van der Waals surface area (Å²) in [4.78, 5) is 11.8. The van der Waals surface area contributed by atoms with E-state index in [1.54, 1.807) is 23.3 Å². The van der Waals surface area contributed by atoms with Gasteiger partial charge >= 0.3 is 0 Å². The Labute approximate surface area is 128 Å². The van der Waals surface area contributed by atoms with Crippen LogP contribution in [0, 0.1) is 4.64 Å². The first kappa shape index (κ1) is 13.1. The van der Waals surface area contributed by atoms with E-state index in [0.29, 0.717) is 10.5 Å². The van der Waals surface area contributed by atoms with Crippen LogP contribution >= 0.6 is 28.1 Å². The summed E-state index contributed by atoms with van der Waals surface area (Å²) in [6, 6.07) is 3.76. The Morgan fingerprint density at radius 1 is 1.20 bits per heavy atom. The maximum atomic E-state index is 5.24. The van der Waals surface area contributed by atoms with Crippen LogP contribution in [0.5, 0.6) is 0 Å². The van der Waals surface area contributed by atoms with Crippen molar-refractivity contribution in [1.29, 1.82) is 0 Å². The highest BCUT2D eigenvalue weighted by Crippen LogP contribution is 2.22. The first-order chi connectivity index (χ1) is 9.61. The van der Waals surface area contributed by atoms with E-state index in [-0.39, 0.29) is 0 Å². The predicted octanol–water partition coefficient (Wildman–Crippen LogP) is 3.36. The summed E-state index contributed by atoms with van der Waals surface area (Å²) in [5.74, 6) is 0.685. The van der Waals surface area contributed by atoms with Gasteiger partial charge in [0.15, 0.2) is 0 Å². The standard InChI is InChI=1S/C13H10BrN5S/c1-19-7-9(5-16-19)11-3-12(20)18-13(17-11)8-2-10(14)6-15-4-8/h2-7H,1H3,(H,17,18,20). The molecule has 5 nitrogen and oxygen atoms in total. The third-order valence-electron chi connectivity index (χ3n) is 2.74. The lowest BCUT2D eigenvalue weighted by atomic mass is 10.2. The monoisotopic (exact) mass is 347 g/mol. The molecule has 0 spiro atoms. The topological polar surface area (TPSA) is 59.4 Å². The number of pyridine rings is 1. The van der Waals surface area contributed by atoms with Crippen LogP contribution in [0.25, 0.3) is 22.6 Å². The lowest BCUT2D eigenvalue weighted by molar-refractivity contribution is 0.768. The molecule has 0 aliphatic heterocycles. The van der Waals surface area contributed by atoms with Crippen LogP contribution < -0.4 is 0 Å². The van der Waals surface area contributed by atoms with Crippen molar-refractivity contribution in [3.05, 3.63) is 46.0 Å². The molecule has 20 heavy (non-hydrogen) atoms. The van der Waals surface area contributed by atoms with Gasteiger partial charge in [-0.1, -0.05) is 12.2 Å². The van der Waals surface area contributed by atoms with Gasteiger partial charge in [0.05, 0.1) is 11.9 Å². The number of aryl methyl sites for hydroxylation is 1. The number of halogens is 1. The molecule has 100 valence electrons. The zero-order valence-corrected chi connectivity index (χ0v) is 12.9. The van der Waals surface area contributed by atoms with Gasteiger partial charge in [-0.25, -0.2) is 4.98 Å². The molecule has 7 heteroatoms. The van der Waals surface area contributed by atoms with Gasteiger partial charge in [-0.2, -0.15) is 5.10 Å². The molecule has 0 radical (unpaired) electrons. The molecule has 0 aliphatic rings. The number of nitrogens with zero attached hydrogens (tertiary/aromatic N) is 4. The van der Waals surface area contributed by atoms with Crippen molar-refractivity contribution in [3.63, 3.8) is 0 Å². The van der Waals surface area contributed by atoms with Crippen LogP contribution in [0.4, 0.5) is 0 Å². The summed E-state index contributed by atoms with van der Waals surface area (Å²) in [7, 11) is 1.87. The van der Waals surface area contributed by atoms with Crippen molar-refractivity contribution >= 4 is 28.1 Å². The van der Waals surface area contributed by atoms with Gasteiger partial charge in [0, 0.05) is 41.2 Å². The van der Waals surface area contributed by atoms with Crippen molar-refractivity contribution in [2.45, 2.75) is 0 Å². The van der Waals surface area contributed by atoms with Crippen LogP contribution in [-0.2, 0) is 7.05 Å². The maximum Gasteiger partial charge on any atom is 0.140 e. The van der Waals surface area contributed by atoms with Gasteiger partial charge in [-0.3, -0.25) is 9.67 Å². The van der Waals surface area contributed by atoms with Crippen molar-refractivity contribution in [1.82, 2.24) is 24.7 Å². The second kappa shape index (κ2) is 5.26. The highest BCUT2D eigenvalue weighted by molar-refractivity contribution is 9.10. The molecule has 3 heterocycles. The first-order valence-electron chi connectivity index (χ1n) is 5.83. The van der Waals surface area contributed by atoms with Crippen molar-refractivity contribution in [3.8, 4) is 22.6 Å². The lowest BCUT2D eigenvalue weighted by Gasteiger charge is -2.04. The van der Waals surface area contributed by atoms with Gasteiger partial charge in [-0.15, -0.1) is 0 Å². The van der Waals surface area contributed by atoms with E-state index in [9.17, 15) is 0 Å². The maximum absolute atomic E-state index is 5.24. The van der Waals surface area contributed by atoms with Crippen molar-refractivity contribution < 1.29 is 0 Å². The molecule has 0 saturated heterocycles. The fraction of sp³-hybridized carbons (Fsp3) is 0.0769. The van der Waals surface area contributed by atoms with Crippen LogP contribution in [0.15, 0.2) is 41.4 Å². The molecular weight excluding hydrogens is 338 g/mol. The Kier molecular flexibility index (Phi) is 3.45. The minimum Gasteiger partial charge on any atom is -0.339 e. The molecule has 0 aliphatic carbocycles. The summed E-state index contributed by atoms with van der Waals surface area (Å²) < 4.78 is 3.16. The van der Waals surface area contributed by atoms with E-state index in [4.69, 9.17) is 12.2 Å². The summed E-state index contributed by atoms with van der Waals surface area (Å²) in [5.41, 5.74) is 2.72. The molecule has 0 bridgehead atoms. The summed E-state index contributed by atoms with van der Waals surface area (Å²) in [5, 5.41) is 4.16. The van der Waals surface area contributed by atoms with E-state index in [0.717, 1.165) is 21.3 Å². The molecule has 0 aromatic carbocycles. The fourth-order valence-corrected chi connectivity index (χ4v) is 2.43. The molecule has 0 amide bonds. The Balaban J connectivity index is 2.14. The normalized spacial score (nSPS) is 10.7. The van der Waals surface area contributed by atoms with E-state index in [1.807, 2.05) is 25.4 Å². The summed E-state index contributed by atoms with van der Waals surface area (Å²) in [6.07, 6.45) is 7.17. The molecule has 1 N–H and O–H groups in total. The average Bonchev–Trinajstić information content (AvgIpc) is 2.85. The van der Waals surface area contributed by atoms with Gasteiger partial charge in [-0.05, 0) is 28.1 Å². The number of aromatic amines is 1. The molecule has 3 aromatic heterocycles. The first-order valence-corrected chi connectivity index (χ1v) is 7.03. The molecule has 3 aromatic rings. The van der Waals surface area contributed by atoms with Crippen LogP contribution in [0.1, 0.15) is 0 Å².